The fraction of sp³-hybridized carbons (Fsp3) is 0.364. The van der Waals surface area contributed by atoms with Crippen molar-refractivity contribution in [3.8, 4) is 0 Å². The van der Waals surface area contributed by atoms with Crippen molar-refractivity contribution in [2.24, 2.45) is 5.73 Å². The summed E-state index contributed by atoms with van der Waals surface area (Å²) in [7, 11) is 0. The first-order chi connectivity index (χ1) is 7.15. The zero-order valence-corrected chi connectivity index (χ0v) is 10.3. The molecule has 1 aromatic rings. The van der Waals surface area contributed by atoms with Gasteiger partial charge < -0.3 is 10.6 Å². The Labute approximate surface area is 98.4 Å². The maximum Gasteiger partial charge on any atom is 0.223 e. The van der Waals surface area contributed by atoms with Crippen LogP contribution in [0.1, 0.15) is 13.3 Å². The molecule has 82 valence electrons. The zero-order valence-electron chi connectivity index (χ0n) is 8.74. The van der Waals surface area contributed by atoms with Crippen molar-refractivity contribution in [3.63, 3.8) is 0 Å². The normalized spacial score (nSPS) is 10.1. The highest BCUT2D eigenvalue weighted by molar-refractivity contribution is 9.10. The Kier molecular flexibility index (Phi) is 4.78. The molecule has 0 saturated carbocycles. The lowest BCUT2D eigenvalue weighted by Gasteiger charge is -2.20. The van der Waals surface area contributed by atoms with Crippen LogP contribution in [0.25, 0.3) is 0 Å². The van der Waals surface area contributed by atoms with Gasteiger partial charge in [0.05, 0.1) is 0 Å². The molecule has 0 heterocycles. The third kappa shape index (κ3) is 3.64. The van der Waals surface area contributed by atoms with Gasteiger partial charge in [-0.05, 0) is 37.2 Å². The number of halogens is 1. The molecule has 15 heavy (non-hydrogen) atoms. The number of nitrogens with zero attached hydrogens (tertiary/aromatic N) is 1. The number of hydrogen-bond donors (Lipinski definition) is 1. The van der Waals surface area contributed by atoms with Crippen molar-refractivity contribution in [1.82, 2.24) is 0 Å². The summed E-state index contributed by atoms with van der Waals surface area (Å²) in [5.41, 5.74) is 6.35. The molecule has 0 aromatic heterocycles. The van der Waals surface area contributed by atoms with E-state index in [9.17, 15) is 4.79 Å². The lowest BCUT2D eigenvalue weighted by atomic mass is 10.2. The number of nitrogens with two attached hydrogens (primary N) is 1. The van der Waals surface area contributed by atoms with E-state index in [0.717, 1.165) is 16.6 Å². The highest BCUT2D eigenvalue weighted by Crippen LogP contribution is 2.18. The van der Waals surface area contributed by atoms with Crippen LogP contribution in [0.4, 0.5) is 5.69 Å². The maximum atomic E-state index is 11.4. The van der Waals surface area contributed by atoms with Crippen LogP contribution < -0.4 is 10.6 Å². The Morgan fingerprint density at radius 1 is 1.40 bits per heavy atom. The highest BCUT2D eigenvalue weighted by Gasteiger charge is 2.09. The van der Waals surface area contributed by atoms with E-state index in [1.54, 1.807) is 11.8 Å². The quantitative estimate of drug-likeness (QED) is 0.912. The van der Waals surface area contributed by atoms with Gasteiger partial charge in [0.1, 0.15) is 0 Å². The topological polar surface area (TPSA) is 46.3 Å². The summed E-state index contributed by atoms with van der Waals surface area (Å²) >= 11 is 3.36. The third-order valence-electron chi connectivity index (χ3n) is 2.10. The van der Waals surface area contributed by atoms with Gasteiger partial charge in [0, 0.05) is 23.6 Å². The molecule has 0 spiro atoms. The molecule has 0 atom stereocenters. The molecule has 3 nitrogen and oxygen atoms in total. The minimum atomic E-state index is 0.0470. The van der Waals surface area contributed by atoms with E-state index in [1.807, 2.05) is 24.3 Å². The number of hydrogen-bond acceptors (Lipinski definition) is 2. The number of amides is 1. The molecule has 0 aliphatic rings. The summed E-state index contributed by atoms with van der Waals surface area (Å²) in [6.07, 6.45) is 0.815. The van der Waals surface area contributed by atoms with Crippen LogP contribution in [0.3, 0.4) is 0 Å². The second kappa shape index (κ2) is 5.88. The van der Waals surface area contributed by atoms with Crippen molar-refractivity contribution in [3.05, 3.63) is 28.7 Å². The molecule has 1 aromatic carbocycles. The summed E-state index contributed by atoms with van der Waals surface area (Å²) in [4.78, 5) is 13.1. The molecule has 0 aliphatic heterocycles. The molecule has 4 heteroatoms. The van der Waals surface area contributed by atoms with Crippen LogP contribution in [0.5, 0.6) is 0 Å². The van der Waals surface area contributed by atoms with Crippen LogP contribution in [0, 0.1) is 0 Å². The van der Waals surface area contributed by atoms with E-state index in [0.29, 0.717) is 13.1 Å². The molecule has 0 saturated heterocycles. The SMILES string of the molecule is CC(=O)N(CCCN)c1ccc(Br)cc1. The van der Waals surface area contributed by atoms with Crippen LogP contribution in [-0.2, 0) is 4.79 Å². The van der Waals surface area contributed by atoms with E-state index in [4.69, 9.17) is 5.73 Å². The Morgan fingerprint density at radius 2 is 2.00 bits per heavy atom. The lowest BCUT2D eigenvalue weighted by Crippen LogP contribution is -2.30. The van der Waals surface area contributed by atoms with Gasteiger partial charge >= 0.3 is 0 Å². The minimum Gasteiger partial charge on any atom is -0.330 e. The molecule has 1 amide bonds. The number of benzene rings is 1. The van der Waals surface area contributed by atoms with E-state index in [2.05, 4.69) is 15.9 Å². The summed E-state index contributed by atoms with van der Waals surface area (Å²) < 4.78 is 1.01. The van der Waals surface area contributed by atoms with E-state index < -0.39 is 0 Å². The fourth-order valence-corrected chi connectivity index (χ4v) is 1.60. The lowest BCUT2D eigenvalue weighted by molar-refractivity contribution is -0.116. The summed E-state index contributed by atoms with van der Waals surface area (Å²) in [6, 6.07) is 7.69. The highest BCUT2D eigenvalue weighted by atomic mass is 79.9. The van der Waals surface area contributed by atoms with Crippen LogP contribution in [0.2, 0.25) is 0 Å². The standard InChI is InChI=1S/C11H15BrN2O/c1-9(15)14(8-2-7-13)11-5-3-10(12)4-6-11/h3-6H,2,7-8,13H2,1H3. The van der Waals surface area contributed by atoms with Gasteiger partial charge in [0.25, 0.3) is 0 Å². The van der Waals surface area contributed by atoms with Crippen LogP contribution in [0.15, 0.2) is 28.7 Å². The number of anilines is 1. The Bertz CT molecular complexity index is 324. The van der Waals surface area contributed by atoms with Gasteiger partial charge in [-0.3, -0.25) is 4.79 Å². The molecule has 0 aliphatic carbocycles. The predicted octanol–water partition coefficient (Wildman–Crippen LogP) is 2.15. The fourth-order valence-electron chi connectivity index (χ4n) is 1.34. The van der Waals surface area contributed by atoms with Crippen LogP contribution >= 0.6 is 15.9 Å². The first-order valence-electron chi connectivity index (χ1n) is 4.89. The molecule has 0 fully saturated rings. The minimum absolute atomic E-state index is 0.0470. The second-order valence-electron chi connectivity index (χ2n) is 3.29. The predicted molar refractivity (Wildman–Crippen MR) is 65.8 cm³/mol. The molecule has 1 rings (SSSR count). The van der Waals surface area contributed by atoms with Crippen molar-refractivity contribution < 1.29 is 4.79 Å². The van der Waals surface area contributed by atoms with E-state index in [-0.39, 0.29) is 5.91 Å². The molecular weight excluding hydrogens is 256 g/mol. The smallest absolute Gasteiger partial charge is 0.223 e. The summed E-state index contributed by atoms with van der Waals surface area (Å²) in [5.74, 6) is 0.0470. The van der Waals surface area contributed by atoms with Gasteiger partial charge in [-0.2, -0.15) is 0 Å². The van der Waals surface area contributed by atoms with Crippen molar-refractivity contribution in [2.75, 3.05) is 18.0 Å². The summed E-state index contributed by atoms with van der Waals surface area (Å²) in [6.45, 7) is 2.84. The number of carbonyl (C=O) groups is 1. The average Bonchev–Trinajstić information content (AvgIpc) is 2.21. The second-order valence-corrected chi connectivity index (χ2v) is 4.20. The number of carbonyl (C=O) groups excluding carboxylic acids is 1. The third-order valence-corrected chi connectivity index (χ3v) is 2.63. The van der Waals surface area contributed by atoms with Crippen LogP contribution in [-0.4, -0.2) is 19.0 Å². The molecule has 0 unspecified atom stereocenters. The zero-order chi connectivity index (χ0) is 11.3. The Balaban J connectivity index is 2.79. The molecular formula is C11H15BrN2O. The van der Waals surface area contributed by atoms with Gasteiger partial charge in [-0.1, -0.05) is 15.9 Å². The van der Waals surface area contributed by atoms with Gasteiger partial charge in [0.15, 0.2) is 0 Å². The van der Waals surface area contributed by atoms with Gasteiger partial charge in [0.2, 0.25) is 5.91 Å². The Morgan fingerprint density at radius 3 is 2.47 bits per heavy atom. The maximum absolute atomic E-state index is 11.4. The summed E-state index contributed by atoms with van der Waals surface area (Å²) in [5, 5.41) is 0. The molecule has 2 N–H and O–H groups in total. The largest absolute Gasteiger partial charge is 0.330 e. The Hall–Kier alpha value is -0.870. The number of rotatable bonds is 4. The first-order valence-corrected chi connectivity index (χ1v) is 5.68. The first kappa shape index (κ1) is 12.2. The van der Waals surface area contributed by atoms with Crippen molar-refractivity contribution >= 4 is 27.5 Å². The van der Waals surface area contributed by atoms with E-state index in [1.165, 1.54) is 0 Å². The monoisotopic (exact) mass is 270 g/mol. The van der Waals surface area contributed by atoms with E-state index >= 15 is 0 Å². The van der Waals surface area contributed by atoms with Gasteiger partial charge in [-0.25, -0.2) is 0 Å². The molecule has 0 radical (unpaired) electrons. The van der Waals surface area contributed by atoms with Crippen molar-refractivity contribution in [2.45, 2.75) is 13.3 Å². The average molecular weight is 271 g/mol. The molecule has 0 bridgehead atoms. The van der Waals surface area contributed by atoms with Crippen molar-refractivity contribution in [1.29, 1.82) is 0 Å². The van der Waals surface area contributed by atoms with Gasteiger partial charge in [-0.15, -0.1) is 0 Å².